The van der Waals surface area contributed by atoms with Gasteiger partial charge < -0.3 is 15.4 Å². The fourth-order valence-electron chi connectivity index (χ4n) is 4.30. The lowest BCUT2D eigenvalue weighted by molar-refractivity contribution is -0.126. The number of aryl methyl sites for hydroxylation is 2. The summed E-state index contributed by atoms with van der Waals surface area (Å²) < 4.78 is 5.67. The second-order valence-electron chi connectivity index (χ2n) is 8.91. The number of carbonyl (C=O) groups excluding carboxylic acids is 3. The first-order valence-corrected chi connectivity index (χ1v) is 13.0. The van der Waals surface area contributed by atoms with Gasteiger partial charge in [-0.25, -0.2) is 0 Å². The maximum absolute atomic E-state index is 13.8. The van der Waals surface area contributed by atoms with E-state index in [0.29, 0.717) is 29.3 Å². The van der Waals surface area contributed by atoms with Crippen LogP contribution in [-0.4, -0.2) is 43.5 Å². The largest absolute Gasteiger partial charge is 0.376 e. The van der Waals surface area contributed by atoms with E-state index < -0.39 is 6.04 Å². The summed E-state index contributed by atoms with van der Waals surface area (Å²) in [4.78, 5) is 42.0. The van der Waals surface area contributed by atoms with Gasteiger partial charge in [-0.05, 0) is 60.9 Å². The predicted octanol–water partition coefficient (Wildman–Crippen LogP) is 4.16. The zero-order valence-corrected chi connectivity index (χ0v) is 21.3. The maximum Gasteiger partial charge on any atom is 0.261 e. The average Bonchev–Trinajstić information content (AvgIpc) is 3.61. The van der Waals surface area contributed by atoms with Gasteiger partial charge in [-0.15, -0.1) is 11.3 Å². The van der Waals surface area contributed by atoms with Crippen molar-refractivity contribution in [3.63, 3.8) is 0 Å². The molecule has 188 valence electrons. The Bertz CT molecular complexity index is 1190. The lowest BCUT2D eigenvalue weighted by atomic mass is 10.0. The molecule has 0 spiro atoms. The summed E-state index contributed by atoms with van der Waals surface area (Å²) in [5.41, 5.74) is 3.13. The molecule has 1 aliphatic rings. The average molecular weight is 506 g/mol. The van der Waals surface area contributed by atoms with Crippen LogP contribution >= 0.6 is 11.3 Å². The minimum absolute atomic E-state index is 0.0275. The van der Waals surface area contributed by atoms with Crippen LogP contribution in [0.1, 0.15) is 45.2 Å². The van der Waals surface area contributed by atoms with Crippen molar-refractivity contribution >= 4 is 34.7 Å². The maximum atomic E-state index is 13.8. The highest BCUT2D eigenvalue weighted by atomic mass is 32.1. The zero-order valence-electron chi connectivity index (χ0n) is 20.5. The molecule has 2 aromatic carbocycles. The second-order valence-corrected chi connectivity index (χ2v) is 9.85. The quantitative estimate of drug-likeness (QED) is 0.457. The number of anilines is 1. The molecule has 1 aliphatic heterocycles. The van der Waals surface area contributed by atoms with E-state index in [4.69, 9.17) is 4.74 Å². The van der Waals surface area contributed by atoms with Gasteiger partial charge >= 0.3 is 0 Å². The molecule has 3 aromatic rings. The zero-order chi connectivity index (χ0) is 25.5. The highest BCUT2D eigenvalue weighted by molar-refractivity contribution is 7.12. The molecule has 0 saturated carbocycles. The lowest BCUT2D eigenvalue weighted by Gasteiger charge is -2.33. The van der Waals surface area contributed by atoms with Crippen molar-refractivity contribution < 1.29 is 19.1 Å². The second kappa shape index (κ2) is 12.0. The SMILES string of the molecule is Cc1ccc(C)c(N(C(=O)CNC(=O)c2cccs2)[C@H](C(=O)NC[C@@H]2CCCO2)c2ccccc2)c1. The molecule has 0 radical (unpaired) electrons. The summed E-state index contributed by atoms with van der Waals surface area (Å²) in [5.74, 6) is -0.997. The van der Waals surface area contributed by atoms with Gasteiger partial charge in [-0.1, -0.05) is 48.5 Å². The topological polar surface area (TPSA) is 87.7 Å². The number of amides is 3. The molecule has 2 N–H and O–H groups in total. The van der Waals surface area contributed by atoms with Gasteiger partial charge in [-0.2, -0.15) is 0 Å². The van der Waals surface area contributed by atoms with Crippen LogP contribution in [0.3, 0.4) is 0 Å². The minimum atomic E-state index is -0.917. The molecular formula is C28H31N3O4S. The standard InChI is InChI=1S/C28H31N3O4S/c1-19-12-13-20(2)23(16-19)31(25(32)18-30-27(33)24-11-7-15-36-24)26(21-8-4-3-5-9-21)28(34)29-17-22-10-6-14-35-22/h3-5,7-9,11-13,15-16,22,26H,6,10,14,17-18H2,1-2H3,(H,29,34)(H,30,33)/t22-,26-/m0/s1. The van der Waals surface area contributed by atoms with Crippen LogP contribution in [-0.2, 0) is 14.3 Å². The van der Waals surface area contributed by atoms with E-state index in [1.165, 1.54) is 16.2 Å². The smallest absolute Gasteiger partial charge is 0.261 e. The van der Waals surface area contributed by atoms with E-state index in [9.17, 15) is 14.4 Å². The Hall–Kier alpha value is -3.49. The Morgan fingerprint density at radius 2 is 1.86 bits per heavy atom. The van der Waals surface area contributed by atoms with Crippen molar-refractivity contribution in [2.24, 2.45) is 0 Å². The molecule has 2 heterocycles. The number of hydrogen-bond acceptors (Lipinski definition) is 5. The Morgan fingerprint density at radius 3 is 2.56 bits per heavy atom. The Kier molecular flexibility index (Phi) is 8.51. The third-order valence-corrected chi connectivity index (χ3v) is 7.06. The molecule has 1 aromatic heterocycles. The van der Waals surface area contributed by atoms with Gasteiger partial charge in [-0.3, -0.25) is 19.3 Å². The van der Waals surface area contributed by atoms with Crippen LogP contribution in [0.15, 0.2) is 66.0 Å². The van der Waals surface area contributed by atoms with Crippen molar-refractivity contribution in [1.29, 1.82) is 0 Å². The van der Waals surface area contributed by atoms with Gasteiger partial charge in [0.25, 0.3) is 5.91 Å². The predicted molar refractivity (Wildman–Crippen MR) is 141 cm³/mol. The van der Waals surface area contributed by atoms with E-state index in [2.05, 4.69) is 10.6 Å². The van der Waals surface area contributed by atoms with Crippen LogP contribution < -0.4 is 15.5 Å². The third kappa shape index (κ3) is 6.19. The molecule has 0 aliphatic carbocycles. The Labute approximate surface area is 215 Å². The van der Waals surface area contributed by atoms with Crippen LogP contribution in [0.25, 0.3) is 0 Å². The molecule has 1 fully saturated rings. The molecule has 0 bridgehead atoms. The number of rotatable bonds is 9. The Morgan fingerprint density at radius 1 is 1.06 bits per heavy atom. The van der Waals surface area contributed by atoms with Crippen molar-refractivity contribution in [3.05, 3.63) is 87.6 Å². The molecular weight excluding hydrogens is 474 g/mol. The third-order valence-electron chi connectivity index (χ3n) is 6.19. The first kappa shape index (κ1) is 25.6. The van der Waals surface area contributed by atoms with Gasteiger partial charge in [0.15, 0.2) is 0 Å². The molecule has 0 unspecified atom stereocenters. The number of ether oxygens (including phenoxy) is 1. The Balaban J connectivity index is 1.67. The first-order chi connectivity index (χ1) is 17.4. The van der Waals surface area contributed by atoms with Crippen molar-refractivity contribution in [1.82, 2.24) is 10.6 Å². The monoisotopic (exact) mass is 505 g/mol. The molecule has 4 rings (SSSR count). The fraction of sp³-hybridized carbons (Fsp3) is 0.321. The van der Waals surface area contributed by atoms with E-state index in [1.54, 1.807) is 12.1 Å². The molecule has 1 saturated heterocycles. The number of hydrogen-bond donors (Lipinski definition) is 2. The molecule has 3 amide bonds. The van der Waals surface area contributed by atoms with Gasteiger partial charge in [0, 0.05) is 18.8 Å². The van der Waals surface area contributed by atoms with Gasteiger partial charge in [0.2, 0.25) is 11.8 Å². The van der Waals surface area contributed by atoms with Crippen LogP contribution in [0, 0.1) is 13.8 Å². The van der Waals surface area contributed by atoms with Crippen molar-refractivity contribution in [2.45, 2.75) is 38.8 Å². The summed E-state index contributed by atoms with van der Waals surface area (Å²) in [5, 5.41) is 7.53. The van der Waals surface area contributed by atoms with E-state index in [1.807, 2.05) is 67.8 Å². The van der Waals surface area contributed by atoms with Crippen LogP contribution in [0.5, 0.6) is 0 Å². The highest BCUT2D eigenvalue weighted by Gasteiger charge is 2.34. The van der Waals surface area contributed by atoms with E-state index in [-0.39, 0.29) is 30.4 Å². The number of nitrogens with one attached hydrogen (secondary N) is 2. The lowest BCUT2D eigenvalue weighted by Crippen LogP contribution is -2.48. The summed E-state index contributed by atoms with van der Waals surface area (Å²) in [7, 11) is 0. The van der Waals surface area contributed by atoms with E-state index in [0.717, 1.165) is 24.0 Å². The molecule has 8 heteroatoms. The molecule has 2 atom stereocenters. The normalized spacial score (nSPS) is 15.8. The van der Waals surface area contributed by atoms with E-state index >= 15 is 0 Å². The summed E-state index contributed by atoms with van der Waals surface area (Å²) in [6, 6.07) is 17.6. The van der Waals surface area contributed by atoms with Crippen molar-refractivity contribution in [2.75, 3.05) is 24.6 Å². The van der Waals surface area contributed by atoms with Crippen LogP contribution in [0.4, 0.5) is 5.69 Å². The van der Waals surface area contributed by atoms with Gasteiger partial charge in [0.05, 0.1) is 17.5 Å². The number of benzene rings is 2. The summed E-state index contributed by atoms with van der Waals surface area (Å²) in [6.07, 6.45) is 1.84. The number of carbonyl (C=O) groups is 3. The van der Waals surface area contributed by atoms with Crippen LogP contribution in [0.2, 0.25) is 0 Å². The summed E-state index contributed by atoms with van der Waals surface area (Å²) in [6.45, 7) is 4.68. The fourth-order valence-corrected chi connectivity index (χ4v) is 4.94. The first-order valence-electron chi connectivity index (χ1n) is 12.1. The highest BCUT2D eigenvalue weighted by Crippen LogP contribution is 2.31. The number of nitrogens with zero attached hydrogens (tertiary/aromatic N) is 1. The molecule has 36 heavy (non-hydrogen) atoms. The molecule has 7 nitrogen and oxygen atoms in total. The van der Waals surface area contributed by atoms with Crippen molar-refractivity contribution in [3.8, 4) is 0 Å². The summed E-state index contributed by atoms with van der Waals surface area (Å²) >= 11 is 1.31. The number of thiophene rings is 1. The van der Waals surface area contributed by atoms with Gasteiger partial charge in [0.1, 0.15) is 6.04 Å². The minimum Gasteiger partial charge on any atom is -0.376 e.